The molecule has 0 radical (unpaired) electrons. The molecule has 3 amide bonds. The van der Waals surface area contributed by atoms with Gasteiger partial charge in [0.25, 0.3) is 5.91 Å². The Labute approximate surface area is 188 Å². The number of hydrogen-bond donors (Lipinski definition) is 2. The molecule has 6 nitrogen and oxygen atoms in total. The van der Waals surface area contributed by atoms with Crippen LogP contribution in [0.1, 0.15) is 28.1 Å². The second kappa shape index (κ2) is 9.46. The third-order valence-electron chi connectivity index (χ3n) is 4.66. The smallest absolute Gasteiger partial charge is 0.308 e. The van der Waals surface area contributed by atoms with Crippen molar-refractivity contribution < 1.29 is 26.8 Å². The molecule has 166 valence electrons. The van der Waals surface area contributed by atoms with Gasteiger partial charge in [0.15, 0.2) is 9.84 Å². The van der Waals surface area contributed by atoms with Crippen molar-refractivity contribution in [3.8, 4) is 0 Å². The number of hydrogen-bond acceptors (Lipinski definition) is 4. The monoisotopic (exact) mass is 478 g/mol. The Morgan fingerprint density at radius 3 is 2.03 bits per heavy atom. The van der Waals surface area contributed by atoms with E-state index in [9.17, 15) is 26.8 Å². The van der Waals surface area contributed by atoms with E-state index >= 15 is 0 Å². The Balaban J connectivity index is 1.69. The predicted molar refractivity (Wildman–Crippen MR) is 116 cm³/mol. The third-order valence-corrected chi connectivity index (χ3v) is 7.05. The highest BCUT2D eigenvalue weighted by molar-refractivity contribution is 7.91. The van der Waals surface area contributed by atoms with E-state index in [-0.39, 0.29) is 10.6 Å². The molecule has 0 spiro atoms. The molecule has 1 atom stereocenters. The highest BCUT2D eigenvalue weighted by Gasteiger charge is 2.25. The first-order valence-electron chi connectivity index (χ1n) is 9.25. The number of imide groups is 1. The quantitative estimate of drug-likeness (QED) is 0.532. The standard InChI is InChI=1S/C22H17ClF2N2O4S/c1-13(14-5-7-15(23)8-6-14)32(30,31)17-11-9-16(10-12-17)26-22(29)27-21(28)20-18(24)3-2-4-19(20)25/h2-13H,1H3,(H2,26,27,28,29). The molecule has 3 aromatic carbocycles. The number of rotatable bonds is 5. The highest BCUT2D eigenvalue weighted by Crippen LogP contribution is 2.29. The van der Waals surface area contributed by atoms with Gasteiger partial charge in [0.1, 0.15) is 17.2 Å². The van der Waals surface area contributed by atoms with Crippen LogP contribution >= 0.6 is 11.6 Å². The molecule has 0 heterocycles. The van der Waals surface area contributed by atoms with E-state index in [2.05, 4.69) is 5.32 Å². The van der Waals surface area contributed by atoms with Crippen molar-refractivity contribution in [1.29, 1.82) is 0 Å². The number of nitrogens with one attached hydrogen (secondary N) is 2. The lowest BCUT2D eigenvalue weighted by molar-refractivity contribution is 0.0959. The maximum Gasteiger partial charge on any atom is 0.326 e. The van der Waals surface area contributed by atoms with Crippen LogP contribution in [0, 0.1) is 11.6 Å². The average molecular weight is 479 g/mol. The number of anilines is 1. The van der Waals surface area contributed by atoms with Crippen LogP contribution in [0.15, 0.2) is 71.6 Å². The molecule has 0 saturated carbocycles. The van der Waals surface area contributed by atoms with Crippen molar-refractivity contribution in [1.82, 2.24) is 5.32 Å². The lowest BCUT2D eigenvalue weighted by atomic mass is 10.2. The van der Waals surface area contributed by atoms with Crippen LogP contribution in [0.3, 0.4) is 0 Å². The zero-order valence-corrected chi connectivity index (χ0v) is 18.2. The Kier molecular flexibility index (Phi) is 6.90. The van der Waals surface area contributed by atoms with Gasteiger partial charge < -0.3 is 5.32 Å². The van der Waals surface area contributed by atoms with Gasteiger partial charge in [0.05, 0.1) is 10.1 Å². The van der Waals surface area contributed by atoms with Gasteiger partial charge in [0, 0.05) is 10.7 Å². The Hall–Kier alpha value is -3.30. The zero-order valence-electron chi connectivity index (χ0n) is 16.6. The van der Waals surface area contributed by atoms with Crippen LogP contribution < -0.4 is 10.6 Å². The first-order chi connectivity index (χ1) is 15.1. The molecular weight excluding hydrogens is 462 g/mol. The van der Waals surface area contributed by atoms with Gasteiger partial charge in [-0.2, -0.15) is 0 Å². The number of amides is 3. The average Bonchev–Trinajstić information content (AvgIpc) is 2.74. The van der Waals surface area contributed by atoms with Gasteiger partial charge >= 0.3 is 6.03 Å². The molecule has 32 heavy (non-hydrogen) atoms. The van der Waals surface area contributed by atoms with E-state index in [1.54, 1.807) is 31.2 Å². The summed E-state index contributed by atoms with van der Waals surface area (Å²) in [6.45, 7) is 1.55. The van der Waals surface area contributed by atoms with Crippen molar-refractivity contribution in [2.24, 2.45) is 0 Å². The van der Waals surface area contributed by atoms with Gasteiger partial charge in [-0.3, -0.25) is 10.1 Å². The number of halogens is 3. The fourth-order valence-corrected chi connectivity index (χ4v) is 4.45. The summed E-state index contributed by atoms with van der Waals surface area (Å²) >= 11 is 5.84. The third kappa shape index (κ3) is 5.12. The molecule has 0 aromatic heterocycles. The molecule has 2 N–H and O–H groups in total. The maximum absolute atomic E-state index is 13.6. The number of carbonyl (C=O) groups is 2. The largest absolute Gasteiger partial charge is 0.326 e. The van der Waals surface area contributed by atoms with Crippen LogP contribution in [0.4, 0.5) is 19.3 Å². The van der Waals surface area contributed by atoms with E-state index < -0.39 is 44.2 Å². The lowest BCUT2D eigenvalue weighted by Gasteiger charge is -2.14. The van der Waals surface area contributed by atoms with Gasteiger partial charge in [0.2, 0.25) is 0 Å². The molecule has 0 aliphatic carbocycles. The molecule has 3 rings (SSSR count). The molecular formula is C22H17ClF2N2O4S. The van der Waals surface area contributed by atoms with Gasteiger partial charge in [-0.25, -0.2) is 22.0 Å². The minimum absolute atomic E-state index is 0.0235. The molecule has 1 unspecified atom stereocenters. The Morgan fingerprint density at radius 2 is 1.47 bits per heavy atom. The maximum atomic E-state index is 13.6. The number of carbonyl (C=O) groups excluding carboxylic acids is 2. The summed E-state index contributed by atoms with van der Waals surface area (Å²) in [5.74, 6) is -3.48. The van der Waals surface area contributed by atoms with Crippen molar-refractivity contribution in [2.75, 3.05) is 5.32 Å². The number of benzene rings is 3. The highest BCUT2D eigenvalue weighted by atomic mass is 35.5. The van der Waals surface area contributed by atoms with E-state index in [1.807, 2.05) is 5.32 Å². The first-order valence-corrected chi connectivity index (χ1v) is 11.2. The topological polar surface area (TPSA) is 92.3 Å². The summed E-state index contributed by atoms with van der Waals surface area (Å²) in [7, 11) is -3.72. The summed E-state index contributed by atoms with van der Waals surface area (Å²) in [4.78, 5) is 24.0. The molecule has 0 saturated heterocycles. The van der Waals surface area contributed by atoms with Gasteiger partial charge in [-0.15, -0.1) is 0 Å². The zero-order chi connectivity index (χ0) is 23.5. The predicted octanol–water partition coefficient (Wildman–Crippen LogP) is 5.12. The second-order valence-corrected chi connectivity index (χ2v) is 9.47. The van der Waals surface area contributed by atoms with Crippen molar-refractivity contribution in [3.05, 3.63) is 94.5 Å². The van der Waals surface area contributed by atoms with Crippen molar-refractivity contribution in [3.63, 3.8) is 0 Å². The molecule has 0 fully saturated rings. The SMILES string of the molecule is CC(c1ccc(Cl)cc1)S(=O)(=O)c1ccc(NC(=O)NC(=O)c2c(F)cccc2F)cc1. The fraction of sp³-hybridized carbons (Fsp3) is 0.0909. The molecule has 0 aliphatic rings. The first kappa shape index (κ1) is 23.4. The summed E-state index contributed by atoms with van der Waals surface area (Å²) in [5.41, 5.74) is -0.155. The van der Waals surface area contributed by atoms with Crippen molar-refractivity contribution >= 4 is 39.1 Å². The molecule has 0 aliphatic heterocycles. The number of sulfone groups is 1. The summed E-state index contributed by atoms with van der Waals surface area (Å²) in [6, 6.07) is 13.5. The van der Waals surface area contributed by atoms with E-state index in [1.165, 1.54) is 24.3 Å². The van der Waals surface area contributed by atoms with E-state index in [0.29, 0.717) is 10.6 Å². The van der Waals surface area contributed by atoms with Gasteiger partial charge in [-0.1, -0.05) is 29.8 Å². The normalized spacial score (nSPS) is 12.1. The molecule has 0 bridgehead atoms. The van der Waals surface area contributed by atoms with Crippen molar-refractivity contribution in [2.45, 2.75) is 17.1 Å². The Bertz CT molecular complexity index is 1240. The summed E-state index contributed by atoms with van der Waals surface area (Å²) < 4.78 is 53.0. The fourth-order valence-electron chi connectivity index (χ4n) is 2.89. The Morgan fingerprint density at radius 1 is 0.906 bits per heavy atom. The van der Waals surface area contributed by atoms with Gasteiger partial charge in [-0.05, 0) is 61.0 Å². The van der Waals surface area contributed by atoms with E-state index in [0.717, 1.165) is 18.2 Å². The van der Waals surface area contributed by atoms with Crippen LogP contribution in [0.5, 0.6) is 0 Å². The summed E-state index contributed by atoms with van der Waals surface area (Å²) in [5, 5.41) is 3.77. The molecule has 3 aromatic rings. The minimum atomic E-state index is -3.72. The van der Waals surface area contributed by atoms with Crippen LogP contribution in [0.25, 0.3) is 0 Å². The van der Waals surface area contributed by atoms with Crippen LogP contribution in [-0.4, -0.2) is 20.4 Å². The number of urea groups is 1. The molecule has 10 heteroatoms. The second-order valence-electron chi connectivity index (χ2n) is 6.77. The van der Waals surface area contributed by atoms with Crippen LogP contribution in [-0.2, 0) is 9.84 Å². The van der Waals surface area contributed by atoms with Crippen LogP contribution in [0.2, 0.25) is 5.02 Å². The lowest BCUT2D eigenvalue weighted by Crippen LogP contribution is -2.35. The minimum Gasteiger partial charge on any atom is -0.308 e. The summed E-state index contributed by atoms with van der Waals surface area (Å²) in [6.07, 6.45) is 0. The van der Waals surface area contributed by atoms with E-state index in [4.69, 9.17) is 11.6 Å².